The van der Waals surface area contributed by atoms with Gasteiger partial charge in [0.1, 0.15) is 5.56 Å². The lowest BCUT2D eigenvalue weighted by Crippen LogP contribution is -2.51. The van der Waals surface area contributed by atoms with Gasteiger partial charge in [-0.3, -0.25) is 4.79 Å². The number of fused-ring (bicyclic) bond motifs is 3. The lowest BCUT2D eigenvalue weighted by atomic mass is 9.74. The minimum atomic E-state index is -4.60. The Morgan fingerprint density at radius 1 is 1.26 bits per heavy atom. The number of ether oxygens (including phenoxy) is 1. The lowest BCUT2D eigenvalue weighted by Gasteiger charge is -2.39. The van der Waals surface area contributed by atoms with Crippen molar-refractivity contribution in [3.63, 3.8) is 0 Å². The molecule has 2 unspecified atom stereocenters. The Balaban J connectivity index is 1.32. The third-order valence-electron chi connectivity index (χ3n) is 8.91. The van der Waals surface area contributed by atoms with Crippen molar-refractivity contribution in [2.24, 2.45) is 23.2 Å². The molecule has 4 atom stereocenters. The van der Waals surface area contributed by atoms with Crippen molar-refractivity contribution in [1.82, 2.24) is 10.2 Å². The van der Waals surface area contributed by atoms with Crippen LogP contribution in [-0.2, 0) is 28.7 Å². The van der Waals surface area contributed by atoms with Crippen molar-refractivity contribution in [2.75, 3.05) is 19.8 Å². The van der Waals surface area contributed by atoms with E-state index in [0.29, 0.717) is 46.6 Å². The van der Waals surface area contributed by atoms with Crippen molar-refractivity contribution in [2.45, 2.75) is 77.2 Å². The first-order chi connectivity index (χ1) is 16.1. The largest absolute Gasteiger partial charge is 0.618 e. The molecule has 0 aromatic carbocycles. The molecule has 1 amide bonds. The highest BCUT2D eigenvalue weighted by molar-refractivity contribution is 5.83. The molecule has 2 saturated carbocycles. The summed E-state index contributed by atoms with van der Waals surface area (Å²) in [6.07, 6.45) is 1.09. The van der Waals surface area contributed by atoms with Gasteiger partial charge in [0, 0.05) is 24.2 Å². The molecule has 188 valence electrons. The fourth-order valence-corrected chi connectivity index (χ4v) is 6.88. The fourth-order valence-electron chi connectivity index (χ4n) is 6.88. The molecule has 1 aromatic rings. The maximum atomic E-state index is 13.9. The second-order valence-electron chi connectivity index (χ2n) is 11.1. The van der Waals surface area contributed by atoms with Gasteiger partial charge in [-0.25, -0.2) is 0 Å². The number of nitrogens with one attached hydrogen (secondary N) is 1. The Labute approximate surface area is 198 Å². The molecule has 6 nitrogen and oxygen atoms in total. The van der Waals surface area contributed by atoms with Crippen LogP contribution in [0.4, 0.5) is 13.2 Å². The van der Waals surface area contributed by atoms with Crippen LogP contribution in [-0.4, -0.2) is 42.6 Å². The van der Waals surface area contributed by atoms with Crippen molar-refractivity contribution in [3.05, 3.63) is 34.3 Å². The molecule has 1 saturated heterocycles. The van der Waals surface area contributed by atoms with Crippen molar-refractivity contribution < 1.29 is 27.4 Å². The van der Waals surface area contributed by atoms with Gasteiger partial charge in [-0.1, -0.05) is 13.8 Å². The van der Waals surface area contributed by atoms with E-state index >= 15 is 0 Å². The number of pyridine rings is 1. The van der Waals surface area contributed by atoms with Gasteiger partial charge in [-0.2, -0.15) is 17.9 Å². The smallest absolute Gasteiger partial charge is 0.422 e. The average Bonchev–Trinajstić information content (AvgIpc) is 3.30. The van der Waals surface area contributed by atoms with Crippen LogP contribution in [0.1, 0.15) is 62.8 Å². The number of aromatic nitrogens is 1. The normalized spacial score (nSPS) is 33.4. The molecule has 0 spiro atoms. The predicted octanol–water partition coefficient (Wildman–Crippen LogP) is 3.43. The van der Waals surface area contributed by atoms with E-state index < -0.39 is 17.2 Å². The number of alkyl halides is 3. The number of carbonyl (C=O) groups excluding carboxylic acids is 1. The predicted molar refractivity (Wildman–Crippen MR) is 118 cm³/mol. The highest BCUT2D eigenvalue weighted by atomic mass is 19.4. The maximum absolute atomic E-state index is 13.9. The Hall–Kier alpha value is -1.87. The van der Waals surface area contributed by atoms with Gasteiger partial charge in [0.15, 0.2) is 11.9 Å². The average molecular weight is 482 g/mol. The second-order valence-corrected chi connectivity index (χ2v) is 11.1. The Kier molecular flexibility index (Phi) is 6.07. The van der Waals surface area contributed by atoms with E-state index in [4.69, 9.17) is 4.74 Å². The molecule has 4 aliphatic rings. The fraction of sp³-hybridized carbons (Fsp3) is 0.760. The summed E-state index contributed by atoms with van der Waals surface area (Å²) in [5, 5.41) is 16.1. The zero-order chi connectivity index (χ0) is 24.3. The molecule has 3 heterocycles. The van der Waals surface area contributed by atoms with Crippen LogP contribution in [0.5, 0.6) is 0 Å². The van der Waals surface area contributed by atoms with Crippen LogP contribution in [0.15, 0.2) is 12.3 Å². The first-order valence-corrected chi connectivity index (χ1v) is 12.5. The SMILES string of the molecule is CC(C)[C@]1(C(=O)N2CCc3c(cc(C(F)(F)F)c[n+]3[O-])C2)CC[C@@H](NC2C3CCC2COC3)C1. The van der Waals surface area contributed by atoms with Gasteiger partial charge < -0.3 is 20.2 Å². The summed E-state index contributed by atoms with van der Waals surface area (Å²) in [6, 6.07) is 1.74. The van der Waals surface area contributed by atoms with Crippen LogP contribution >= 0.6 is 0 Å². The number of hydrogen-bond donors (Lipinski definition) is 1. The number of amides is 1. The third kappa shape index (κ3) is 4.08. The van der Waals surface area contributed by atoms with E-state index in [2.05, 4.69) is 19.2 Å². The van der Waals surface area contributed by atoms with Crippen LogP contribution in [0, 0.1) is 28.4 Å². The topological polar surface area (TPSA) is 68.5 Å². The molecule has 5 rings (SSSR count). The first kappa shape index (κ1) is 23.9. The van der Waals surface area contributed by atoms with Crippen molar-refractivity contribution in [1.29, 1.82) is 0 Å². The molecule has 2 aliphatic heterocycles. The van der Waals surface area contributed by atoms with Gasteiger partial charge in [-0.05, 0) is 55.9 Å². The van der Waals surface area contributed by atoms with Gasteiger partial charge in [0.05, 0.1) is 31.6 Å². The summed E-state index contributed by atoms with van der Waals surface area (Å²) in [7, 11) is 0. The van der Waals surface area contributed by atoms with Crippen LogP contribution in [0.25, 0.3) is 0 Å². The molecule has 34 heavy (non-hydrogen) atoms. The first-order valence-electron chi connectivity index (χ1n) is 12.5. The summed E-state index contributed by atoms with van der Waals surface area (Å²) in [5.74, 6) is 1.22. The van der Waals surface area contributed by atoms with Crippen LogP contribution < -0.4 is 10.0 Å². The molecule has 2 bridgehead atoms. The quantitative estimate of drug-likeness (QED) is 0.529. The minimum absolute atomic E-state index is 0.0160. The third-order valence-corrected chi connectivity index (χ3v) is 8.91. The molecule has 1 N–H and O–H groups in total. The summed E-state index contributed by atoms with van der Waals surface area (Å²) >= 11 is 0. The van der Waals surface area contributed by atoms with E-state index in [0.717, 1.165) is 38.5 Å². The number of rotatable bonds is 4. The number of halogens is 3. The summed E-state index contributed by atoms with van der Waals surface area (Å²) < 4.78 is 45.8. The molecule has 0 radical (unpaired) electrons. The molecule has 1 aromatic heterocycles. The summed E-state index contributed by atoms with van der Waals surface area (Å²) in [6.45, 7) is 6.17. The van der Waals surface area contributed by atoms with E-state index in [1.807, 2.05) is 0 Å². The highest BCUT2D eigenvalue weighted by Gasteiger charge is 2.51. The molecular formula is C25H34F3N3O3. The van der Waals surface area contributed by atoms with E-state index in [9.17, 15) is 23.2 Å². The van der Waals surface area contributed by atoms with Gasteiger partial charge in [-0.15, -0.1) is 0 Å². The number of carbonyl (C=O) groups is 1. The van der Waals surface area contributed by atoms with Gasteiger partial charge in [0.25, 0.3) is 0 Å². The zero-order valence-electron chi connectivity index (χ0n) is 19.9. The van der Waals surface area contributed by atoms with E-state index in [1.54, 1.807) is 4.90 Å². The lowest BCUT2D eigenvalue weighted by molar-refractivity contribution is -0.616. The minimum Gasteiger partial charge on any atom is -0.618 e. The van der Waals surface area contributed by atoms with E-state index in [1.165, 1.54) is 12.8 Å². The number of hydrogen-bond acceptors (Lipinski definition) is 4. The Morgan fingerprint density at radius 2 is 1.97 bits per heavy atom. The summed E-state index contributed by atoms with van der Waals surface area (Å²) in [4.78, 5) is 15.6. The Morgan fingerprint density at radius 3 is 2.62 bits per heavy atom. The highest BCUT2D eigenvalue weighted by Crippen LogP contribution is 2.47. The standard InChI is InChI=1S/C25H34F3N3O3/c1-15(2)24(7-5-20(10-24)29-22-16-3-4-17(22)14-34-13-16)23(32)30-8-6-21-18(11-30)9-19(12-31(21)33)25(26,27)28/h9,12,15-17,20,22,29H,3-8,10-11,13-14H2,1-2H3/t16?,17?,20-,22?,24+/m1/s1. The maximum Gasteiger partial charge on any atom is 0.422 e. The summed E-state index contributed by atoms with van der Waals surface area (Å²) in [5.41, 5.74) is -0.870. The number of nitrogens with zero attached hydrogens (tertiary/aromatic N) is 2. The Bertz CT molecular complexity index is 937. The molecule has 9 heteroatoms. The van der Waals surface area contributed by atoms with E-state index in [-0.39, 0.29) is 30.8 Å². The van der Waals surface area contributed by atoms with Crippen molar-refractivity contribution in [3.8, 4) is 0 Å². The monoisotopic (exact) mass is 481 g/mol. The van der Waals surface area contributed by atoms with Gasteiger partial charge in [0.2, 0.25) is 5.91 Å². The zero-order valence-corrected chi connectivity index (χ0v) is 19.9. The van der Waals surface area contributed by atoms with Crippen LogP contribution in [0.3, 0.4) is 0 Å². The second kappa shape index (κ2) is 8.66. The molecular weight excluding hydrogens is 447 g/mol. The van der Waals surface area contributed by atoms with Crippen molar-refractivity contribution >= 4 is 5.91 Å². The molecule has 2 aliphatic carbocycles. The van der Waals surface area contributed by atoms with Crippen LogP contribution in [0.2, 0.25) is 0 Å². The molecule has 3 fully saturated rings. The van der Waals surface area contributed by atoms with Gasteiger partial charge >= 0.3 is 6.18 Å².